The minimum absolute atomic E-state index is 0.0133. The van der Waals surface area contributed by atoms with Gasteiger partial charge in [0.15, 0.2) is 9.84 Å². The Balaban J connectivity index is 0.849. The van der Waals surface area contributed by atoms with Crippen molar-refractivity contribution in [3.8, 4) is 0 Å². The third kappa shape index (κ3) is 6.63. The fraction of sp³-hybridized carbons (Fsp3) is 0.946. The molecule has 0 radical (unpaired) electrons. The minimum Gasteiger partial charge on any atom is -0.389 e. The first kappa shape index (κ1) is 56.2. The Bertz CT molecular complexity index is 2660. The molecular weight excluding hydrogens is 985 g/mol. The summed E-state index contributed by atoms with van der Waals surface area (Å²) in [6.07, 6.45) is 50.6. The Morgan fingerprint density at radius 3 is 1.49 bits per heavy atom. The van der Waals surface area contributed by atoms with Crippen LogP contribution in [0.15, 0.2) is 22.3 Å². The summed E-state index contributed by atoms with van der Waals surface area (Å²) in [4.78, 5) is 0. The maximum Gasteiger partial charge on any atom is 0.166 e. The van der Waals surface area contributed by atoms with E-state index >= 15 is 8.42 Å². The zero-order valence-corrected chi connectivity index (χ0v) is 53.9. The van der Waals surface area contributed by atoms with Crippen molar-refractivity contribution in [2.75, 3.05) is 0 Å². The number of hydrogen-bond donors (Lipinski definition) is 1. The van der Waals surface area contributed by atoms with Crippen molar-refractivity contribution in [2.45, 2.75) is 372 Å². The van der Waals surface area contributed by atoms with Crippen molar-refractivity contribution in [3.05, 3.63) is 22.3 Å². The summed E-state index contributed by atoms with van der Waals surface area (Å²) < 4.78 is 42.0. The molecule has 0 aliphatic heterocycles. The van der Waals surface area contributed by atoms with Gasteiger partial charge in [-0.3, -0.25) is 0 Å². The van der Waals surface area contributed by atoms with Crippen molar-refractivity contribution >= 4 is 9.84 Å². The van der Waals surface area contributed by atoms with E-state index in [1.165, 1.54) is 153 Å². The molecule has 12 fully saturated rings. The molecule has 12 saturated carbocycles. The molecule has 0 saturated heterocycles. The monoisotopic (exact) mass is 1100 g/mol. The van der Waals surface area contributed by atoms with E-state index in [0.29, 0.717) is 32.5 Å². The first-order valence-corrected chi connectivity index (χ1v) is 36.9. The summed E-state index contributed by atoms with van der Waals surface area (Å²) in [5.41, 5.74) is 7.84. The van der Waals surface area contributed by atoms with E-state index in [4.69, 9.17) is 4.74 Å². The van der Waals surface area contributed by atoms with E-state index in [2.05, 4.69) is 69.2 Å². The first-order chi connectivity index (χ1) is 37.3. The molecule has 0 amide bonds. The molecule has 0 aromatic rings. The van der Waals surface area contributed by atoms with Crippen molar-refractivity contribution in [1.29, 1.82) is 0 Å². The van der Waals surface area contributed by atoms with Crippen LogP contribution in [0, 0.1) is 65.5 Å². The number of fused-ring (bicyclic) bond motifs is 16. The molecule has 444 valence electrons. The molecule has 0 heterocycles. The Hall–Kier alpha value is -0.650. The highest BCUT2D eigenvalue weighted by Gasteiger charge is 2.83. The highest BCUT2D eigenvalue weighted by atomic mass is 32.2. The molecule has 12 atom stereocenters. The van der Waals surface area contributed by atoms with Crippen LogP contribution < -0.4 is 0 Å². The summed E-state index contributed by atoms with van der Waals surface area (Å²) in [6, 6.07) is 0. The van der Waals surface area contributed by atoms with E-state index < -0.39 is 24.9 Å². The quantitative estimate of drug-likeness (QED) is 0.269. The van der Waals surface area contributed by atoms with Gasteiger partial charge in [0.05, 0.1) is 21.6 Å². The van der Waals surface area contributed by atoms with Crippen molar-refractivity contribution in [1.82, 2.24) is 0 Å². The van der Waals surface area contributed by atoms with Crippen LogP contribution in [0.2, 0.25) is 0 Å². The van der Waals surface area contributed by atoms with Gasteiger partial charge in [0.1, 0.15) is 4.75 Å². The predicted molar refractivity (Wildman–Crippen MR) is 325 cm³/mol. The lowest BCUT2D eigenvalue weighted by atomic mass is 9.38. The molecule has 79 heavy (non-hydrogen) atoms. The van der Waals surface area contributed by atoms with Gasteiger partial charge in [0.2, 0.25) is 0 Å². The molecule has 4 nitrogen and oxygen atoms in total. The van der Waals surface area contributed by atoms with Gasteiger partial charge in [0.25, 0.3) is 0 Å². The summed E-state index contributed by atoms with van der Waals surface area (Å²) in [5, 5.41) is 12.7. The lowest BCUT2D eigenvalue weighted by molar-refractivity contribution is -0.263. The average Bonchev–Trinajstić information content (AvgIpc) is 1.61. The number of ether oxygens (including phenoxy) is 1. The van der Waals surface area contributed by atoms with Crippen LogP contribution in [0.5, 0.6) is 0 Å². The molecule has 0 spiro atoms. The van der Waals surface area contributed by atoms with E-state index in [9.17, 15) is 5.11 Å². The molecule has 14 bridgehead atoms. The van der Waals surface area contributed by atoms with Crippen LogP contribution in [0.25, 0.3) is 0 Å². The van der Waals surface area contributed by atoms with Gasteiger partial charge < -0.3 is 9.84 Å². The first-order valence-electron chi connectivity index (χ1n) is 35.4. The van der Waals surface area contributed by atoms with Gasteiger partial charge in [-0.05, 0) is 267 Å². The Labute approximate surface area is 484 Å². The third-order valence-electron chi connectivity index (χ3n) is 33.0. The van der Waals surface area contributed by atoms with Crippen molar-refractivity contribution in [3.63, 3.8) is 0 Å². The smallest absolute Gasteiger partial charge is 0.166 e. The SMILES string of the molecule is CC(C)C12CCCC3(C45CCCC(OC67CCCC8(S(=O)(=O)C9%10CCCC(O)(CCC9)C9(C)CCCCC%10(C)CCC9)/C9=C(/CC6(C)CCCC98C)C7)(CCC4)C4(C)CCCCC5(C)CCC4)CC4=C1C2(C)CCCCC3(C)C4. The number of allylic oxidation sites excluding steroid dienone is 2. The number of aliphatic hydroxyl groups is 1. The normalized spacial score (nSPS) is 56.3. The van der Waals surface area contributed by atoms with E-state index in [0.717, 1.165) is 134 Å². The molecule has 1 N–H and O–H groups in total. The molecule has 16 aliphatic carbocycles. The van der Waals surface area contributed by atoms with Gasteiger partial charge in [-0.15, -0.1) is 0 Å². The van der Waals surface area contributed by atoms with E-state index in [1.807, 2.05) is 11.1 Å². The Kier molecular flexibility index (Phi) is 12.5. The van der Waals surface area contributed by atoms with Crippen LogP contribution in [-0.4, -0.2) is 39.8 Å². The molecule has 5 heteroatoms. The molecular formula is C74H118O4S. The number of rotatable bonds is 6. The van der Waals surface area contributed by atoms with E-state index in [1.54, 1.807) is 5.57 Å². The summed E-state index contributed by atoms with van der Waals surface area (Å²) in [5.74, 6) is 0.744. The second kappa shape index (κ2) is 17.5. The molecule has 12 unspecified atom stereocenters. The van der Waals surface area contributed by atoms with Gasteiger partial charge in [0, 0.05) is 16.2 Å². The van der Waals surface area contributed by atoms with E-state index in [-0.39, 0.29) is 38.3 Å². The molecule has 0 aromatic carbocycles. The van der Waals surface area contributed by atoms with Crippen LogP contribution in [0.3, 0.4) is 0 Å². The largest absolute Gasteiger partial charge is 0.389 e. The Morgan fingerprint density at radius 2 is 0.810 bits per heavy atom. The highest BCUT2D eigenvalue weighted by molar-refractivity contribution is 7.95. The topological polar surface area (TPSA) is 63.6 Å². The zero-order valence-electron chi connectivity index (χ0n) is 53.1. The van der Waals surface area contributed by atoms with Gasteiger partial charge in [-0.25, -0.2) is 8.42 Å². The number of sulfone groups is 1. The molecule has 16 rings (SSSR count). The lowest BCUT2D eigenvalue weighted by Gasteiger charge is -2.67. The van der Waals surface area contributed by atoms with Gasteiger partial charge >= 0.3 is 0 Å². The standard InChI is InChI=1S/C74H118O4S/c1-54(2)73-48-22-40-68(52-55-50-63(68,7)30-15-16-36-65(73,9)57(55)73)67-38-20-43-70(44-21-39-67,61(5)28-13-11-26-59(67,3)31-17-33-61)78-71-45-25-49-74(58-56(53-71)51-64(71,8)35-19-37-66(58,74)10)79(76,77)72-46-23-41-69(75,42-24-47-72)60(4)27-12-14-29-62(72,6)34-18-32-60/h54,75H,11-53H2,1-10H3/b57-55?,58-56-. The van der Waals surface area contributed by atoms with Crippen molar-refractivity contribution in [2.24, 2.45) is 65.5 Å². The van der Waals surface area contributed by atoms with Crippen LogP contribution in [-0.2, 0) is 14.6 Å². The van der Waals surface area contributed by atoms with Crippen LogP contribution >= 0.6 is 0 Å². The maximum atomic E-state index is 17.3. The molecule has 0 aromatic heterocycles. The predicted octanol–water partition coefficient (Wildman–Crippen LogP) is 20.3. The molecule has 16 aliphatic rings. The second-order valence-electron chi connectivity index (χ2n) is 35.7. The summed E-state index contributed by atoms with van der Waals surface area (Å²) in [7, 11) is -3.67. The van der Waals surface area contributed by atoms with Gasteiger partial charge in [-0.2, -0.15) is 0 Å². The summed E-state index contributed by atoms with van der Waals surface area (Å²) in [6.45, 7) is 26.7. The van der Waals surface area contributed by atoms with Crippen LogP contribution in [0.1, 0.15) is 345 Å². The summed E-state index contributed by atoms with van der Waals surface area (Å²) >= 11 is 0. The maximum absolute atomic E-state index is 17.3. The number of hydrogen-bond acceptors (Lipinski definition) is 4. The fourth-order valence-corrected chi connectivity index (χ4v) is 33.0. The fourth-order valence-electron chi connectivity index (χ4n) is 28.9. The lowest BCUT2D eigenvalue weighted by Crippen LogP contribution is -2.61. The third-order valence-corrected chi connectivity index (χ3v) is 36.7. The zero-order chi connectivity index (χ0) is 55.5. The highest BCUT2D eigenvalue weighted by Crippen LogP contribution is 2.86. The second-order valence-corrected chi connectivity index (χ2v) is 38.2. The van der Waals surface area contributed by atoms with Gasteiger partial charge in [-0.1, -0.05) is 150 Å². The minimum atomic E-state index is -3.67. The van der Waals surface area contributed by atoms with Crippen LogP contribution in [0.4, 0.5) is 0 Å². The Morgan fingerprint density at radius 1 is 0.367 bits per heavy atom. The average molecular weight is 1100 g/mol. The van der Waals surface area contributed by atoms with Crippen molar-refractivity contribution < 1.29 is 18.3 Å².